The normalized spacial score (nSPS) is 15.6. The van der Waals surface area contributed by atoms with Gasteiger partial charge < -0.3 is 4.57 Å². The Morgan fingerprint density at radius 2 is 1.90 bits per heavy atom. The summed E-state index contributed by atoms with van der Waals surface area (Å²) in [7, 11) is 1.98. The SMILES string of the molecule is Cn1c(SCCN2C(=O)CCC2=O)nc2ccccc21. The number of imidazole rings is 1. The molecule has 2 heterocycles. The number of carbonyl (C=O) groups is 2. The first-order chi connectivity index (χ1) is 9.66. The number of likely N-dealkylation sites (tertiary alicyclic amines) is 1. The molecule has 1 aliphatic rings. The van der Waals surface area contributed by atoms with E-state index in [0.717, 1.165) is 16.2 Å². The minimum absolute atomic E-state index is 0.0550. The zero-order chi connectivity index (χ0) is 14.1. The third-order valence-corrected chi connectivity index (χ3v) is 4.46. The molecule has 0 saturated carbocycles. The van der Waals surface area contributed by atoms with Crippen LogP contribution in [0.4, 0.5) is 0 Å². The maximum absolute atomic E-state index is 11.5. The van der Waals surface area contributed by atoms with Crippen LogP contribution in [0.1, 0.15) is 12.8 Å². The minimum atomic E-state index is -0.0550. The molecule has 0 N–H and O–H groups in total. The van der Waals surface area contributed by atoms with Gasteiger partial charge >= 0.3 is 0 Å². The van der Waals surface area contributed by atoms with Crippen molar-refractivity contribution < 1.29 is 9.59 Å². The highest BCUT2D eigenvalue weighted by molar-refractivity contribution is 7.99. The van der Waals surface area contributed by atoms with Crippen molar-refractivity contribution in [1.29, 1.82) is 0 Å². The van der Waals surface area contributed by atoms with Crippen LogP contribution in [0.15, 0.2) is 29.4 Å². The second-order valence-corrected chi connectivity index (χ2v) is 5.79. The van der Waals surface area contributed by atoms with Crippen LogP contribution in [0.3, 0.4) is 0 Å². The summed E-state index contributed by atoms with van der Waals surface area (Å²) in [6.07, 6.45) is 0.714. The molecule has 1 aromatic heterocycles. The van der Waals surface area contributed by atoms with E-state index in [1.807, 2.05) is 35.9 Å². The number of fused-ring (bicyclic) bond motifs is 1. The second kappa shape index (κ2) is 5.28. The molecule has 0 radical (unpaired) electrons. The van der Waals surface area contributed by atoms with Gasteiger partial charge in [0.2, 0.25) is 11.8 Å². The quantitative estimate of drug-likeness (QED) is 0.636. The molecule has 6 heteroatoms. The maximum atomic E-state index is 11.5. The third kappa shape index (κ3) is 2.31. The van der Waals surface area contributed by atoms with Gasteiger partial charge in [0.05, 0.1) is 11.0 Å². The van der Waals surface area contributed by atoms with Crippen LogP contribution in [0.2, 0.25) is 0 Å². The zero-order valence-corrected chi connectivity index (χ0v) is 12.0. The highest BCUT2D eigenvalue weighted by atomic mass is 32.2. The average molecular weight is 289 g/mol. The van der Waals surface area contributed by atoms with Crippen molar-refractivity contribution in [3.8, 4) is 0 Å². The number of aryl methyl sites for hydroxylation is 1. The van der Waals surface area contributed by atoms with Crippen LogP contribution in [-0.2, 0) is 16.6 Å². The van der Waals surface area contributed by atoms with Crippen LogP contribution in [-0.4, -0.2) is 38.6 Å². The molecule has 1 aromatic carbocycles. The van der Waals surface area contributed by atoms with Crippen molar-refractivity contribution in [1.82, 2.24) is 14.5 Å². The summed E-state index contributed by atoms with van der Waals surface area (Å²) in [6.45, 7) is 0.464. The monoisotopic (exact) mass is 289 g/mol. The minimum Gasteiger partial charge on any atom is -0.322 e. The first kappa shape index (κ1) is 13.2. The highest BCUT2D eigenvalue weighted by Gasteiger charge is 2.28. The predicted octanol–water partition coefficient (Wildman–Crippen LogP) is 1.81. The summed E-state index contributed by atoms with van der Waals surface area (Å²) in [6, 6.07) is 7.96. The van der Waals surface area contributed by atoms with Crippen molar-refractivity contribution in [2.75, 3.05) is 12.3 Å². The number of benzene rings is 1. The zero-order valence-electron chi connectivity index (χ0n) is 11.2. The molecule has 0 bridgehead atoms. The molecule has 2 aromatic rings. The van der Waals surface area contributed by atoms with Gasteiger partial charge in [-0.15, -0.1) is 0 Å². The third-order valence-electron chi connectivity index (χ3n) is 3.45. The summed E-state index contributed by atoms with van der Waals surface area (Å²) in [5, 5.41) is 0.908. The fourth-order valence-electron chi connectivity index (χ4n) is 2.35. The second-order valence-electron chi connectivity index (χ2n) is 4.73. The van der Waals surface area contributed by atoms with Gasteiger partial charge in [-0.25, -0.2) is 4.98 Å². The standard InChI is InChI=1S/C14H15N3O2S/c1-16-11-5-3-2-4-10(11)15-14(16)20-9-8-17-12(18)6-7-13(17)19/h2-5H,6-9H2,1H3. The summed E-state index contributed by atoms with van der Waals surface area (Å²) >= 11 is 1.57. The Kier molecular flexibility index (Phi) is 3.48. The van der Waals surface area contributed by atoms with Gasteiger partial charge in [-0.2, -0.15) is 0 Å². The lowest BCUT2D eigenvalue weighted by atomic mass is 10.3. The molecule has 3 rings (SSSR count). The lowest BCUT2D eigenvalue weighted by Gasteiger charge is -2.12. The van der Waals surface area contributed by atoms with Crippen molar-refractivity contribution in [2.24, 2.45) is 7.05 Å². The molecule has 2 amide bonds. The number of nitrogens with zero attached hydrogens (tertiary/aromatic N) is 3. The molecule has 0 atom stereocenters. The number of thioether (sulfide) groups is 1. The summed E-state index contributed by atoms with van der Waals surface area (Å²) < 4.78 is 2.04. The van der Waals surface area contributed by atoms with E-state index >= 15 is 0 Å². The van der Waals surface area contributed by atoms with E-state index in [9.17, 15) is 9.59 Å². The number of aromatic nitrogens is 2. The Labute approximate surface area is 121 Å². The van der Waals surface area contributed by atoms with Gasteiger partial charge in [-0.1, -0.05) is 23.9 Å². The van der Waals surface area contributed by atoms with E-state index in [1.54, 1.807) is 11.8 Å². The number of rotatable bonds is 4. The molecule has 1 fully saturated rings. The summed E-state index contributed by atoms with van der Waals surface area (Å²) in [5.74, 6) is 0.565. The summed E-state index contributed by atoms with van der Waals surface area (Å²) in [4.78, 5) is 28.9. The molecular formula is C14H15N3O2S. The van der Waals surface area contributed by atoms with Gasteiger partial charge in [-0.05, 0) is 12.1 Å². The van der Waals surface area contributed by atoms with Gasteiger partial charge in [0.15, 0.2) is 5.16 Å². The first-order valence-electron chi connectivity index (χ1n) is 6.54. The van der Waals surface area contributed by atoms with Gasteiger partial charge in [0.25, 0.3) is 0 Å². The number of carbonyl (C=O) groups excluding carboxylic acids is 2. The number of para-hydroxylation sites is 2. The van der Waals surface area contributed by atoms with E-state index in [-0.39, 0.29) is 11.8 Å². The Bertz CT molecular complexity index is 664. The largest absolute Gasteiger partial charge is 0.322 e. The van der Waals surface area contributed by atoms with E-state index < -0.39 is 0 Å². The number of amides is 2. The Balaban J connectivity index is 1.67. The van der Waals surface area contributed by atoms with E-state index in [1.165, 1.54) is 4.90 Å². The first-order valence-corrected chi connectivity index (χ1v) is 7.53. The fraction of sp³-hybridized carbons (Fsp3) is 0.357. The lowest BCUT2D eigenvalue weighted by molar-refractivity contribution is -0.137. The van der Waals surface area contributed by atoms with Crippen LogP contribution in [0.5, 0.6) is 0 Å². The van der Waals surface area contributed by atoms with Crippen LogP contribution in [0, 0.1) is 0 Å². The molecule has 0 aliphatic carbocycles. The van der Waals surface area contributed by atoms with Crippen LogP contribution >= 0.6 is 11.8 Å². The molecule has 20 heavy (non-hydrogen) atoms. The molecule has 0 unspecified atom stereocenters. The van der Waals surface area contributed by atoms with Gasteiger partial charge in [0.1, 0.15) is 0 Å². The molecule has 104 valence electrons. The number of hydrogen-bond donors (Lipinski definition) is 0. The number of hydrogen-bond acceptors (Lipinski definition) is 4. The molecule has 1 saturated heterocycles. The van der Waals surface area contributed by atoms with Crippen molar-refractivity contribution in [3.05, 3.63) is 24.3 Å². The van der Waals surface area contributed by atoms with Crippen LogP contribution < -0.4 is 0 Å². The van der Waals surface area contributed by atoms with Gasteiger partial charge in [-0.3, -0.25) is 14.5 Å². The molecule has 5 nitrogen and oxygen atoms in total. The Morgan fingerprint density at radius 1 is 1.20 bits per heavy atom. The topological polar surface area (TPSA) is 55.2 Å². The van der Waals surface area contributed by atoms with E-state index in [2.05, 4.69) is 4.98 Å². The van der Waals surface area contributed by atoms with Crippen molar-refractivity contribution >= 4 is 34.6 Å². The number of imide groups is 1. The molecule has 1 aliphatic heterocycles. The predicted molar refractivity (Wildman–Crippen MR) is 77.4 cm³/mol. The van der Waals surface area contributed by atoms with E-state index in [4.69, 9.17) is 0 Å². The van der Waals surface area contributed by atoms with Gasteiger partial charge in [0, 0.05) is 32.2 Å². The molecular weight excluding hydrogens is 274 g/mol. The van der Waals surface area contributed by atoms with Crippen LogP contribution in [0.25, 0.3) is 11.0 Å². The van der Waals surface area contributed by atoms with Crippen molar-refractivity contribution in [3.63, 3.8) is 0 Å². The Morgan fingerprint density at radius 3 is 2.60 bits per heavy atom. The highest BCUT2D eigenvalue weighted by Crippen LogP contribution is 2.23. The molecule has 0 spiro atoms. The smallest absolute Gasteiger partial charge is 0.229 e. The van der Waals surface area contributed by atoms with E-state index in [0.29, 0.717) is 25.1 Å². The maximum Gasteiger partial charge on any atom is 0.229 e. The van der Waals surface area contributed by atoms with Crippen molar-refractivity contribution in [2.45, 2.75) is 18.0 Å². The lowest BCUT2D eigenvalue weighted by Crippen LogP contribution is -2.31. The fourth-order valence-corrected chi connectivity index (χ4v) is 3.26. The summed E-state index contributed by atoms with van der Waals surface area (Å²) in [5.41, 5.74) is 2.05. The average Bonchev–Trinajstić information content (AvgIpc) is 2.94. The Hall–Kier alpha value is -1.82.